The molecule has 74 valence electrons. The Bertz CT molecular complexity index is 455. The van der Waals surface area contributed by atoms with Gasteiger partial charge in [-0.05, 0) is 18.2 Å². The highest BCUT2D eigenvalue weighted by Crippen LogP contribution is 2.19. The third kappa shape index (κ3) is 1.66. The maximum Gasteiger partial charge on any atom is 0.138 e. The number of aliphatic hydroxyl groups excluding tert-OH is 2. The Kier molecular flexibility index (Phi) is 2.54. The van der Waals surface area contributed by atoms with Crippen LogP contribution in [0.1, 0.15) is 11.9 Å². The van der Waals surface area contributed by atoms with E-state index in [4.69, 9.17) is 5.11 Å². The Hall–Kier alpha value is -0.910. The van der Waals surface area contributed by atoms with Crippen LogP contribution in [0.3, 0.4) is 0 Å². The second-order valence-electron chi connectivity index (χ2n) is 2.98. The Morgan fingerprint density at radius 3 is 3.00 bits per heavy atom. The highest BCUT2D eigenvalue weighted by Gasteiger charge is 2.10. The van der Waals surface area contributed by atoms with Gasteiger partial charge in [-0.3, -0.25) is 0 Å². The number of aromatic nitrogens is 2. The van der Waals surface area contributed by atoms with Gasteiger partial charge in [-0.2, -0.15) is 0 Å². The van der Waals surface area contributed by atoms with E-state index in [0.717, 1.165) is 15.5 Å². The van der Waals surface area contributed by atoms with Crippen molar-refractivity contribution in [3.8, 4) is 0 Å². The number of H-pyrrole nitrogens is 1. The molecule has 2 aromatic rings. The number of fused-ring (bicyclic) bond motifs is 1. The molecule has 0 spiro atoms. The van der Waals surface area contributed by atoms with E-state index in [1.807, 2.05) is 18.2 Å². The number of nitrogens with one attached hydrogen (secondary N) is 1. The molecule has 0 aliphatic carbocycles. The lowest BCUT2D eigenvalue weighted by Crippen LogP contribution is -2.03. The van der Waals surface area contributed by atoms with Gasteiger partial charge in [0.2, 0.25) is 0 Å². The molecule has 0 bridgehead atoms. The molecule has 0 radical (unpaired) electrons. The van der Waals surface area contributed by atoms with E-state index in [1.165, 1.54) is 0 Å². The summed E-state index contributed by atoms with van der Waals surface area (Å²) < 4.78 is 0.943. The summed E-state index contributed by atoms with van der Waals surface area (Å²) in [6.45, 7) is -0.332. The number of imidazole rings is 1. The SMILES string of the molecule is OC[C@@H](O)c1nc2ccc(Br)cc2[nH]1. The first kappa shape index (κ1) is 9.64. The van der Waals surface area contributed by atoms with Crippen molar-refractivity contribution in [1.29, 1.82) is 0 Å². The van der Waals surface area contributed by atoms with Gasteiger partial charge in [-0.1, -0.05) is 15.9 Å². The number of halogens is 1. The molecule has 0 aliphatic heterocycles. The number of hydrogen-bond donors (Lipinski definition) is 3. The van der Waals surface area contributed by atoms with Crippen LogP contribution in [0.15, 0.2) is 22.7 Å². The highest BCUT2D eigenvalue weighted by atomic mass is 79.9. The largest absolute Gasteiger partial charge is 0.393 e. The molecular formula is C9H9BrN2O2. The van der Waals surface area contributed by atoms with Crippen molar-refractivity contribution in [2.45, 2.75) is 6.10 Å². The first-order chi connectivity index (χ1) is 6.70. The number of aliphatic hydroxyl groups is 2. The van der Waals surface area contributed by atoms with Crippen LogP contribution in [0.5, 0.6) is 0 Å². The fraction of sp³-hybridized carbons (Fsp3) is 0.222. The Morgan fingerprint density at radius 2 is 2.29 bits per heavy atom. The van der Waals surface area contributed by atoms with E-state index in [9.17, 15) is 5.11 Å². The molecule has 1 aromatic carbocycles. The van der Waals surface area contributed by atoms with Crippen molar-refractivity contribution in [2.24, 2.45) is 0 Å². The first-order valence-electron chi connectivity index (χ1n) is 4.15. The minimum absolute atomic E-state index is 0.332. The summed E-state index contributed by atoms with van der Waals surface area (Å²) in [5, 5.41) is 18.1. The van der Waals surface area contributed by atoms with Gasteiger partial charge in [0.15, 0.2) is 0 Å². The van der Waals surface area contributed by atoms with Crippen LogP contribution in [-0.4, -0.2) is 26.8 Å². The quantitative estimate of drug-likeness (QED) is 0.760. The fourth-order valence-electron chi connectivity index (χ4n) is 1.25. The maximum atomic E-state index is 9.34. The van der Waals surface area contributed by atoms with Gasteiger partial charge >= 0.3 is 0 Å². The third-order valence-corrected chi connectivity index (χ3v) is 2.44. The molecule has 14 heavy (non-hydrogen) atoms. The second-order valence-corrected chi connectivity index (χ2v) is 3.90. The first-order valence-corrected chi connectivity index (χ1v) is 4.94. The predicted molar refractivity (Wildman–Crippen MR) is 55.8 cm³/mol. The maximum absolute atomic E-state index is 9.34. The minimum Gasteiger partial charge on any atom is -0.393 e. The van der Waals surface area contributed by atoms with Crippen molar-refractivity contribution in [3.05, 3.63) is 28.5 Å². The smallest absolute Gasteiger partial charge is 0.138 e. The van der Waals surface area contributed by atoms with Crippen LogP contribution in [0, 0.1) is 0 Å². The van der Waals surface area contributed by atoms with Crippen LogP contribution in [0.4, 0.5) is 0 Å². The van der Waals surface area contributed by atoms with Crippen LogP contribution < -0.4 is 0 Å². The number of aromatic amines is 1. The van der Waals surface area contributed by atoms with Gasteiger partial charge in [0.05, 0.1) is 17.6 Å². The van der Waals surface area contributed by atoms with E-state index in [2.05, 4.69) is 25.9 Å². The van der Waals surface area contributed by atoms with Gasteiger partial charge in [0.1, 0.15) is 11.9 Å². The van der Waals surface area contributed by atoms with Crippen LogP contribution >= 0.6 is 15.9 Å². The Morgan fingerprint density at radius 1 is 1.50 bits per heavy atom. The molecular weight excluding hydrogens is 248 g/mol. The molecule has 0 unspecified atom stereocenters. The second kappa shape index (κ2) is 3.68. The van der Waals surface area contributed by atoms with Crippen LogP contribution in [0.2, 0.25) is 0 Å². The van der Waals surface area contributed by atoms with Gasteiger partial charge < -0.3 is 15.2 Å². The number of hydrogen-bond acceptors (Lipinski definition) is 3. The van der Waals surface area contributed by atoms with E-state index in [1.54, 1.807) is 0 Å². The number of benzene rings is 1. The lowest BCUT2D eigenvalue weighted by Gasteiger charge is -2.00. The summed E-state index contributed by atoms with van der Waals surface area (Å²) in [7, 11) is 0. The third-order valence-electron chi connectivity index (χ3n) is 1.95. The summed E-state index contributed by atoms with van der Waals surface area (Å²) in [6.07, 6.45) is -0.943. The van der Waals surface area contributed by atoms with Gasteiger partial charge in [0, 0.05) is 4.47 Å². The summed E-state index contributed by atoms with van der Waals surface area (Å²) in [6, 6.07) is 5.58. The lowest BCUT2D eigenvalue weighted by molar-refractivity contribution is 0.0895. The summed E-state index contributed by atoms with van der Waals surface area (Å²) in [5.74, 6) is 0.389. The average Bonchev–Trinajstić information content (AvgIpc) is 2.59. The summed E-state index contributed by atoms with van der Waals surface area (Å²) in [5.41, 5.74) is 1.61. The van der Waals surface area contributed by atoms with Crippen molar-refractivity contribution in [3.63, 3.8) is 0 Å². The molecule has 0 saturated heterocycles. The average molecular weight is 257 g/mol. The molecule has 0 fully saturated rings. The van der Waals surface area contributed by atoms with Crippen LogP contribution in [0.25, 0.3) is 11.0 Å². The van der Waals surface area contributed by atoms with Crippen molar-refractivity contribution in [2.75, 3.05) is 6.61 Å². The monoisotopic (exact) mass is 256 g/mol. The number of nitrogens with zero attached hydrogens (tertiary/aromatic N) is 1. The predicted octanol–water partition coefficient (Wildman–Crippen LogP) is 1.35. The summed E-state index contributed by atoms with van der Waals surface area (Å²) in [4.78, 5) is 7.07. The van der Waals surface area contributed by atoms with Crippen LogP contribution in [-0.2, 0) is 0 Å². The Balaban J connectivity index is 2.51. The zero-order valence-corrected chi connectivity index (χ0v) is 8.82. The molecule has 5 heteroatoms. The van der Waals surface area contributed by atoms with E-state index < -0.39 is 6.10 Å². The molecule has 1 heterocycles. The van der Waals surface area contributed by atoms with Gasteiger partial charge in [-0.25, -0.2) is 4.98 Å². The molecule has 0 amide bonds. The van der Waals surface area contributed by atoms with E-state index in [-0.39, 0.29) is 6.61 Å². The molecule has 2 rings (SSSR count). The standard InChI is InChI=1S/C9H9BrN2O2/c10-5-1-2-6-7(3-5)12-9(11-6)8(14)4-13/h1-3,8,13-14H,4H2,(H,11,12)/t8-/m1/s1. The van der Waals surface area contributed by atoms with Crippen molar-refractivity contribution < 1.29 is 10.2 Å². The van der Waals surface area contributed by atoms with Crippen molar-refractivity contribution >= 4 is 27.0 Å². The molecule has 1 atom stereocenters. The highest BCUT2D eigenvalue weighted by molar-refractivity contribution is 9.10. The molecule has 0 aliphatic rings. The minimum atomic E-state index is -0.943. The zero-order valence-electron chi connectivity index (χ0n) is 7.24. The van der Waals surface area contributed by atoms with Crippen molar-refractivity contribution in [1.82, 2.24) is 9.97 Å². The Labute approximate surface area is 88.7 Å². The van der Waals surface area contributed by atoms with Gasteiger partial charge in [-0.15, -0.1) is 0 Å². The lowest BCUT2D eigenvalue weighted by atomic mass is 10.3. The fourth-order valence-corrected chi connectivity index (χ4v) is 1.61. The normalized spacial score (nSPS) is 13.4. The molecule has 4 nitrogen and oxygen atoms in total. The van der Waals surface area contributed by atoms with E-state index in [0.29, 0.717) is 5.82 Å². The number of rotatable bonds is 2. The zero-order chi connectivity index (χ0) is 10.1. The topological polar surface area (TPSA) is 69.1 Å². The molecule has 3 N–H and O–H groups in total. The van der Waals surface area contributed by atoms with E-state index >= 15 is 0 Å². The molecule has 0 saturated carbocycles. The van der Waals surface area contributed by atoms with Gasteiger partial charge in [0.25, 0.3) is 0 Å². The summed E-state index contributed by atoms with van der Waals surface area (Å²) >= 11 is 3.34. The molecule has 1 aromatic heterocycles.